The van der Waals surface area contributed by atoms with Crippen molar-refractivity contribution >= 4 is 53.2 Å². The Bertz CT molecular complexity index is 3760. The summed E-state index contributed by atoms with van der Waals surface area (Å²) in [6, 6.07) is 76.2. The zero-order chi connectivity index (χ0) is 42.2. The van der Waals surface area contributed by atoms with Crippen LogP contribution < -0.4 is 0 Å². The number of benzene rings is 9. The van der Waals surface area contributed by atoms with Crippen molar-refractivity contribution < 1.29 is 0 Å². The number of hydrogen-bond acceptors (Lipinski definition) is 5. The molecule has 0 saturated heterocycles. The standard InChI is InChI=1S/C59H36N4S/c1-3-15-44(16-4-1)59(45-17-5-2-6-18-45)51-23-10-8-19-46(51)47-31-30-41(35-52(47)59)57-61-56(62-58(63-57)50-22-13-21-49-48-20-9-12-25-54(48)64-55(49)50)40-29-27-37-26-28-38(32-42(37)34-40)43-33-39-14-7-11-24-53(39)60-36-43/h1-36H. The molecule has 0 spiro atoms. The molecule has 64 heavy (non-hydrogen) atoms. The van der Waals surface area contributed by atoms with Gasteiger partial charge in [-0.05, 0) is 92.2 Å². The molecule has 0 radical (unpaired) electrons. The van der Waals surface area contributed by atoms with Crippen LogP contribution in [0.1, 0.15) is 22.3 Å². The van der Waals surface area contributed by atoms with E-state index in [4.69, 9.17) is 19.9 Å². The first kappa shape index (κ1) is 36.5. The Hall–Kier alpha value is -8.12. The van der Waals surface area contributed by atoms with Gasteiger partial charge in [-0.3, -0.25) is 4.98 Å². The summed E-state index contributed by atoms with van der Waals surface area (Å²) in [4.78, 5) is 20.9. The van der Waals surface area contributed by atoms with Crippen LogP contribution in [0.4, 0.5) is 0 Å². The van der Waals surface area contributed by atoms with Gasteiger partial charge in [0.25, 0.3) is 0 Å². The fraction of sp³-hybridized carbons (Fsp3) is 0.0169. The third-order valence-electron chi connectivity index (χ3n) is 13.0. The van der Waals surface area contributed by atoms with E-state index in [0.29, 0.717) is 17.5 Å². The fourth-order valence-electron chi connectivity index (χ4n) is 10.1. The zero-order valence-electron chi connectivity index (χ0n) is 34.5. The van der Waals surface area contributed by atoms with Crippen LogP contribution in [-0.2, 0) is 5.41 Å². The largest absolute Gasteiger partial charge is 0.256 e. The van der Waals surface area contributed by atoms with E-state index in [1.807, 2.05) is 12.3 Å². The van der Waals surface area contributed by atoms with Crippen molar-refractivity contribution in [3.63, 3.8) is 0 Å². The summed E-state index contributed by atoms with van der Waals surface area (Å²) in [5.74, 6) is 1.90. The molecule has 1 aliphatic rings. The summed E-state index contributed by atoms with van der Waals surface area (Å²) < 4.78 is 2.40. The van der Waals surface area contributed by atoms with E-state index in [-0.39, 0.29) is 0 Å². The van der Waals surface area contributed by atoms with Crippen molar-refractivity contribution in [2.45, 2.75) is 5.41 Å². The third kappa shape index (κ3) is 5.68. The molecule has 0 N–H and O–H groups in total. The fourth-order valence-corrected chi connectivity index (χ4v) is 11.3. The second-order valence-electron chi connectivity index (χ2n) is 16.6. The van der Waals surface area contributed by atoms with Gasteiger partial charge in [-0.25, -0.2) is 15.0 Å². The Labute approximate surface area is 373 Å². The molecule has 3 aromatic heterocycles. The molecular weight excluding hydrogens is 797 g/mol. The van der Waals surface area contributed by atoms with E-state index in [9.17, 15) is 0 Å². The van der Waals surface area contributed by atoms with Crippen molar-refractivity contribution in [1.82, 2.24) is 19.9 Å². The summed E-state index contributed by atoms with van der Waals surface area (Å²) in [5, 5.41) is 5.80. The van der Waals surface area contributed by atoms with E-state index >= 15 is 0 Å². The van der Waals surface area contributed by atoms with Crippen molar-refractivity contribution in [1.29, 1.82) is 0 Å². The molecule has 0 amide bonds. The van der Waals surface area contributed by atoms with Crippen LogP contribution in [0.15, 0.2) is 219 Å². The van der Waals surface area contributed by atoms with E-state index < -0.39 is 5.41 Å². The molecule has 12 aromatic rings. The van der Waals surface area contributed by atoms with Gasteiger partial charge in [0, 0.05) is 54.0 Å². The minimum atomic E-state index is -0.553. The Balaban J connectivity index is 1.03. The average Bonchev–Trinajstić information content (AvgIpc) is 3.90. The predicted octanol–water partition coefficient (Wildman–Crippen LogP) is 15.0. The molecule has 9 aromatic carbocycles. The molecule has 5 heteroatoms. The quantitative estimate of drug-likeness (QED) is 0.167. The maximum Gasteiger partial charge on any atom is 0.165 e. The SMILES string of the molecule is c1ccc(C2(c3ccccc3)c3ccccc3-c3ccc(-c4nc(-c5ccc6ccc(-c7cnc8ccccc8c7)cc6c5)nc(-c5cccc6c5sc5ccccc56)n4)cc32)cc1. The van der Waals surface area contributed by atoms with Crippen LogP contribution in [0.3, 0.4) is 0 Å². The number of nitrogens with zero attached hydrogens (tertiary/aromatic N) is 4. The van der Waals surface area contributed by atoms with E-state index in [0.717, 1.165) is 54.2 Å². The number of pyridine rings is 1. The molecule has 0 fully saturated rings. The van der Waals surface area contributed by atoms with Gasteiger partial charge in [-0.2, -0.15) is 0 Å². The molecule has 0 saturated carbocycles. The van der Waals surface area contributed by atoms with Crippen LogP contribution >= 0.6 is 11.3 Å². The summed E-state index contributed by atoms with van der Waals surface area (Å²) in [6.07, 6.45) is 1.96. The molecule has 0 aliphatic heterocycles. The van der Waals surface area contributed by atoms with E-state index in [1.54, 1.807) is 11.3 Å². The molecule has 1 aliphatic carbocycles. The van der Waals surface area contributed by atoms with Gasteiger partial charge in [-0.1, -0.05) is 170 Å². The molecule has 3 heterocycles. The lowest BCUT2D eigenvalue weighted by Gasteiger charge is -2.34. The predicted molar refractivity (Wildman–Crippen MR) is 265 cm³/mol. The lowest BCUT2D eigenvalue weighted by atomic mass is 9.67. The van der Waals surface area contributed by atoms with Crippen molar-refractivity contribution in [2.75, 3.05) is 0 Å². The second-order valence-corrected chi connectivity index (χ2v) is 17.6. The summed E-state index contributed by atoms with van der Waals surface area (Å²) in [7, 11) is 0. The number of aromatic nitrogens is 4. The monoisotopic (exact) mass is 832 g/mol. The van der Waals surface area contributed by atoms with Crippen molar-refractivity contribution in [3.8, 4) is 56.4 Å². The number of rotatable bonds is 6. The highest BCUT2D eigenvalue weighted by Gasteiger charge is 2.46. The van der Waals surface area contributed by atoms with Crippen LogP contribution in [0, 0.1) is 0 Å². The van der Waals surface area contributed by atoms with Gasteiger partial charge in [-0.15, -0.1) is 11.3 Å². The summed E-state index contributed by atoms with van der Waals surface area (Å²) in [5.41, 5.74) is 12.8. The Kier molecular flexibility index (Phi) is 8.27. The minimum Gasteiger partial charge on any atom is -0.256 e. The molecular formula is C59H36N4S. The van der Waals surface area contributed by atoms with Crippen LogP contribution in [0.25, 0.3) is 98.3 Å². The van der Waals surface area contributed by atoms with Crippen molar-refractivity contribution in [3.05, 3.63) is 241 Å². The van der Waals surface area contributed by atoms with Crippen LogP contribution in [0.2, 0.25) is 0 Å². The van der Waals surface area contributed by atoms with Gasteiger partial charge in [0.05, 0.1) is 10.9 Å². The van der Waals surface area contributed by atoms with E-state index in [1.165, 1.54) is 48.9 Å². The molecule has 0 atom stereocenters. The van der Waals surface area contributed by atoms with E-state index in [2.05, 4.69) is 206 Å². The molecule has 4 nitrogen and oxygen atoms in total. The Morgan fingerprint density at radius 1 is 0.359 bits per heavy atom. The highest BCUT2D eigenvalue weighted by molar-refractivity contribution is 7.26. The normalized spacial score (nSPS) is 12.8. The Morgan fingerprint density at radius 3 is 1.78 bits per heavy atom. The summed E-state index contributed by atoms with van der Waals surface area (Å²) in [6.45, 7) is 0. The molecule has 0 bridgehead atoms. The first-order chi connectivity index (χ1) is 31.7. The third-order valence-corrected chi connectivity index (χ3v) is 14.2. The van der Waals surface area contributed by atoms with Gasteiger partial charge >= 0.3 is 0 Å². The molecule has 298 valence electrons. The first-order valence-electron chi connectivity index (χ1n) is 21.6. The van der Waals surface area contributed by atoms with Crippen LogP contribution in [-0.4, -0.2) is 19.9 Å². The highest BCUT2D eigenvalue weighted by Crippen LogP contribution is 2.56. The first-order valence-corrected chi connectivity index (χ1v) is 22.4. The minimum absolute atomic E-state index is 0.553. The van der Waals surface area contributed by atoms with Gasteiger partial charge in [0.2, 0.25) is 0 Å². The molecule has 13 rings (SSSR count). The van der Waals surface area contributed by atoms with Crippen LogP contribution in [0.5, 0.6) is 0 Å². The lowest BCUT2D eigenvalue weighted by Crippen LogP contribution is -2.28. The number of para-hydroxylation sites is 1. The zero-order valence-corrected chi connectivity index (χ0v) is 35.3. The van der Waals surface area contributed by atoms with Gasteiger partial charge in [0.1, 0.15) is 0 Å². The number of hydrogen-bond donors (Lipinski definition) is 0. The maximum absolute atomic E-state index is 5.41. The Morgan fingerprint density at radius 2 is 0.953 bits per heavy atom. The topological polar surface area (TPSA) is 51.6 Å². The number of fused-ring (bicyclic) bond motifs is 8. The maximum atomic E-state index is 5.41. The van der Waals surface area contributed by atoms with Crippen molar-refractivity contribution in [2.24, 2.45) is 0 Å². The number of thiophene rings is 1. The highest BCUT2D eigenvalue weighted by atomic mass is 32.1. The van der Waals surface area contributed by atoms with Gasteiger partial charge < -0.3 is 0 Å². The average molecular weight is 833 g/mol. The summed E-state index contributed by atoms with van der Waals surface area (Å²) >= 11 is 1.79. The lowest BCUT2D eigenvalue weighted by molar-refractivity contribution is 0.768. The smallest absolute Gasteiger partial charge is 0.165 e. The molecule has 0 unspecified atom stereocenters. The van der Waals surface area contributed by atoms with Gasteiger partial charge in [0.15, 0.2) is 17.5 Å². The second kappa shape index (κ2) is 14.5.